The quantitative estimate of drug-likeness (QED) is 0.162. The second-order valence-corrected chi connectivity index (χ2v) is 15.3. The van der Waals surface area contributed by atoms with Crippen LogP contribution in [0.5, 0.6) is 0 Å². The first-order valence-corrected chi connectivity index (χ1v) is 20.4. The SMILES string of the molecule is C=Cc1c(/C=C/c2ccc3oc4ccc(-n5c6ccccc6c6ccccc65)cc4c3c2)c2c3cncnc3ccc2n1-c1cc(-c2ccccc2)cc(-c2ccccc2)n1. The third kappa shape index (κ3) is 5.61. The maximum absolute atomic E-state index is 6.42. The number of pyridine rings is 1. The van der Waals surface area contributed by atoms with Crippen molar-refractivity contribution in [1.29, 1.82) is 0 Å². The molecule has 0 aliphatic carbocycles. The summed E-state index contributed by atoms with van der Waals surface area (Å²) < 4.78 is 11.0. The summed E-state index contributed by atoms with van der Waals surface area (Å²) in [6, 6.07) is 59.4. The fourth-order valence-electron chi connectivity index (χ4n) is 9.10. The molecule has 0 bridgehead atoms. The van der Waals surface area contributed by atoms with E-state index in [-0.39, 0.29) is 0 Å². The van der Waals surface area contributed by atoms with Crippen LogP contribution in [0.4, 0.5) is 0 Å². The number of nitrogens with zero attached hydrogens (tertiary/aromatic N) is 5. The van der Waals surface area contributed by atoms with E-state index in [2.05, 4.69) is 196 Å². The van der Waals surface area contributed by atoms with Gasteiger partial charge >= 0.3 is 0 Å². The number of fused-ring (bicyclic) bond motifs is 9. The van der Waals surface area contributed by atoms with Crippen LogP contribution in [0.2, 0.25) is 0 Å². The molecule has 5 aromatic heterocycles. The second-order valence-electron chi connectivity index (χ2n) is 15.3. The minimum atomic E-state index is 0.793. The Balaban J connectivity index is 1.03. The van der Waals surface area contributed by atoms with Gasteiger partial charge in [0.05, 0.1) is 33.5 Å². The molecule has 6 heteroatoms. The van der Waals surface area contributed by atoms with E-state index in [1.165, 1.54) is 21.8 Å². The molecule has 0 radical (unpaired) electrons. The van der Waals surface area contributed by atoms with Crippen LogP contribution in [0.25, 0.3) is 118 Å². The summed E-state index contributed by atoms with van der Waals surface area (Å²) in [7, 11) is 0. The molecule has 12 aromatic rings. The Morgan fingerprint density at radius 1 is 0.525 bits per heavy atom. The van der Waals surface area contributed by atoms with Gasteiger partial charge in [0.2, 0.25) is 0 Å². The zero-order valence-corrected chi connectivity index (χ0v) is 32.9. The molecule has 0 fully saturated rings. The van der Waals surface area contributed by atoms with Gasteiger partial charge in [-0.1, -0.05) is 122 Å². The van der Waals surface area contributed by atoms with Crippen molar-refractivity contribution in [3.8, 4) is 33.9 Å². The maximum Gasteiger partial charge on any atom is 0.138 e. The molecule has 5 heterocycles. The van der Waals surface area contributed by atoms with Crippen molar-refractivity contribution in [2.24, 2.45) is 0 Å². The van der Waals surface area contributed by atoms with Crippen molar-refractivity contribution in [2.75, 3.05) is 0 Å². The van der Waals surface area contributed by atoms with E-state index in [0.717, 1.165) is 94.5 Å². The summed E-state index contributed by atoms with van der Waals surface area (Å²) in [6.45, 7) is 4.38. The van der Waals surface area contributed by atoms with E-state index in [4.69, 9.17) is 9.40 Å². The molecule has 0 N–H and O–H groups in total. The highest BCUT2D eigenvalue weighted by Gasteiger charge is 2.21. The Bertz CT molecular complexity index is 3610. The number of aromatic nitrogens is 5. The van der Waals surface area contributed by atoms with Crippen molar-refractivity contribution in [3.63, 3.8) is 0 Å². The Morgan fingerprint density at radius 2 is 1.21 bits per heavy atom. The zero-order chi connectivity index (χ0) is 40.4. The topological polar surface area (TPSA) is 61.7 Å². The molecular weight excluding hydrogens is 747 g/mol. The van der Waals surface area contributed by atoms with Gasteiger partial charge in [0.1, 0.15) is 23.3 Å². The molecule has 0 aliphatic rings. The lowest BCUT2D eigenvalue weighted by Crippen LogP contribution is -2.02. The summed E-state index contributed by atoms with van der Waals surface area (Å²) in [5, 5.41) is 6.58. The molecule has 0 atom stereocenters. The first-order chi connectivity index (χ1) is 30.2. The predicted molar refractivity (Wildman–Crippen MR) is 252 cm³/mol. The largest absolute Gasteiger partial charge is 0.456 e. The van der Waals surface area contributed by atoms with Crippen molar-refractivity contribution in [1.82, 2.24) is 24.1 Å². The van der Waals surface area contributed by atoms with E-state index < -0.39 is 0 Å². The number of rotatable bonds is 7. The van der Waals surface area contributed by atoms with E-state index in [0.29, 0.717) is 0 Å². The average molecular weight is 782 g/mol. The molecule has 0 saturated heterocycles. The molecule has 7 aromatic carbocycles. The average Bonchev–Trinajstić information content (AvgIpc) is 3.98. The first-order valence-electron chi connectivity index (χ1n) is 20.4. The summed E-state index contributed by atoms with van der Waals surface area (Å²) >= 11 is 0. The van der Waals surface area contributed by atoms with E-state index >= 15 is 0 Å². The Kier molecular flexibility index (Phi) is 7.90. The lowest BCUT2D eigenvalue weighted by molar-refractivity contribution is 0.669. The molecule has 12 rings (SSSR count). The van der Waals surface area contributed by atoms with Crippen LogP contribution < -0.4 is 0 Å². The van der Waals surface area contributed by atoms with Gasteiger partial charge in [-0.15, -0.1) is 0 Å². The predicted octanol–water partition coefficient (Wildman–Crippen LogP) is 14.1. The van der Waals surface area contributed by atoms with Gasteiger partial charge in [0.25, 0.3) is 0 Å². The number of para-hydroxylation sites is 2. The van der Waals surface area contributed by atoms with Crippen molar-refractivity contribution >= 4 is 83.8 Å². The van der Waals surface area contributed by atoms with Crippen LogP contribution in [-0.2, 0) is 0 Å². The van der Waals surface area contributed by atoms with E-state index in [1.54, 1.807) is 6.33 Å². The highest BCUT2D eigenvalue weighted by Crippen LogP contribution is 2.39. The monoisotopic (exact) mass is 781 g/mol. The summed E-state index contributed by atoms with van der Waals surface area (Å²) in [5.41, 5.74) is 14.1. The van der Waals surface area contributed by atoms with Crippen LogP contribution in [0, 0.1) is 0 Å². The Labute approximate surface area is 350 Å². The molecule has 0 saturated carbocycles. The maximum atomic E-state index is 6.42. The van der Waals surface area contributed by atoms with Crippen molar-refractivity contribution < 1.29 is 4.42 Å². The van der Waals surface area contributed by atoms with Gasteiger partial charge in [-0.25, -0.2) is 15.0 Å². The van der Waals surface area contributed by atoms with Gasteiger partial charge in [-0.3, -0.25) is 4.57 Å². The summed E-state index contributed by atoms with van der Waals surface area (Å²) in [4.78, 5) is 14.5. The second kappa shape index (κ2) is 13.9. The molecule has 0 unspecified atom stereocenters. The van der Waals surface area contributed by atoms with Gasteiger partial charge in [-0.2, -0.15) is 0 Å². The van der Waals surface area contributed by atoms with E-state index in [1.807, 2.05) is 24.4 Å². The highest BCUT2D eigenvalue weighted by atomic mass is 16.3. The number of furan rings is 1. The molecule has 61 heavy (non-hydrogen) atoms. The zero-order valence-electron chi connectivity index (χ0n) is 32.9. The molecule has 286 valence electrons. The van der Waals surface area contributed by atoms with Crippen LogP contribution in [-0.4, -0.2) is 24.1 Å². The minimum Gasteiger partial charge on any atom is -0.456 e. The lowest BCUT2D eigenvalue weighted by Gasteiger charge is -2.13. The third-order valence-electron chi connectivity index (χ3n) is 11.9. The normalized spacial score (nSPS) is 11.9. The van der Waals surface area contributed by atoms with E-state index in [9.17, 15) is 0 Å². The van der Waals surface area contributed by atoms with Crippen LogP contribution in [0.3, 0.4) is 0 Å². The number of hydrogen-bond acceptors (Lipinski definition) is 4. The Hall–Kier alpha value is -8.35. The molecule has 0 spiro atoms. The molecule has 0 aliphatic heterocycles. The fraction of sp³-hybridized carbons (Fsp3) is 0. The van der Waals surface area contributed by atoms with Gasteiger partial charge in [-0.05, 0) is 89.5 Å². The van der Waals surface area contributed by atoms with Gasteiger partial charge in [0.15, 0.2) is 0 Å². The molecule has 0 amide bonds. The summed E-state index contributed by atoms with van der Waals surface area (Å²) in [5.74, 6) is 0.793. The van der Waals surface area contributed by atoms with Gasteiger partial charge in [0, 0.05) is 55.3 Å². The van der Waals surface area contributed by atoms with Crippen LogP contribution in [0.1, 0.15) is 16.8 Å². The smallest absolute Gasteiger partial charge is 0.138 e. The third-order valence-corrected chi connectivity index (χ3v) is 11.9. The first kappa shape index (κ1) is 34.7. The van der Waals surface area contributed by atoms with Crippen LogP contribution in [0.15, 0.2) is 193 Å². The van der Waals surface area contributed by atoms with Crippen LogP contribution >= 0.6 is 0 Å². The summed E-state index contributed by atoms with van der Waals surface area (Å²) in [6.07, 6.45) is 9.79. The molecule has 6 nitrogen and oxygen atoms in total. The fourth-order valence-corrected chi connectivity index (χ4v) is 9.10. The molecular formula is C55H35N5O. The number of benzene rings is 7. The minimum absolute atomic E-state index is 0.793. The van der Waals surface area contributed by atoms with Crippen molar-refractivity contribution in [3.05, 3.63) is 206 Å². The lowest BCUT2D eigenvalue weighted by atomic mass is 10.0. The Morgan fingerprint density at radius 3 is 1.97 bits per heavy atom. The highest BCUT2D eigenvalue weighted by molar-refractivity contribution is 6.13. The van der Waals surface area contributed by atoms with Gasteiger partial charge < -0.3 is 8.98 Å². The van der Waals surface area contributed by atoms with Crippen molar-refractivity contribution in [2.45, 2.75) is 0 Å². The standard InChI is InChI=1S/C55H35N5O/c1-2-48-42(24-21-35-22-27-52-43(29-35)44-32-39(23-28-53(44)61-52)59-49-19-11-9-17-40(49)41-18-10-12-20-50(41)59)55-45-33-56-34-57-46(45)25-26-51(55)60(48)54-31-38(36-13-5-3-6-14-36)30-47(58-54)37-15-7-4-8-16-37/h2-34H,1H2/b24-21+. The number of hydrogen-bond donors (Lipinski definition) is 0.